The van der Waals surface area contributed by atoms with Gasteiger partial charge in [-0.25, -0.2) is 9.40 Å². The van der Waals surface area contributed by atoms with Crippen LogP contribution in [0.3, 0.4) is 0 Å². The monoisotopic (exact) mass is 264 g/mol. The Morgan fingerprint density at radius 1 is 1.42 bits per heavy atom. The molecule has 19 heavy (non-hydrogen) atoms. The van der Waals surface area contributed by atoms with Gasteiger partial charge in [0.2, 0.25) is 5.91 Å². The highest BCUT2D eigenvalue weighted by Crippen LogP contribution is 2.22. The quantitative estimate of drug-likeness (QED) is 0.899. The fourth-order valence-corrected chi connectivity index (χ4v) is 2.03. The molecule has 1 amide bonds. The average molecular weight is 264 g/mol. The first-order valence-corrected chi connectivity index (χ1v) is 5.81. The lowest BCUT2D eigenvalue weighted by Crippen LogP contribution is -2.25. The summed E-state index contributed by atoms with van der Waals surface area (Å²) in [4.78, 5) is 22.2. The van der Waals surface area contributed by atoms with Crippen molar-refractivity contribution in [1.82, 2.24) is 5.01 Å². The van der Waals surface area contributed by atoms with Gasteiger partial charge in [0.15, 0.2) is 0 Å². The van der Waals surface area contributed by atoms with E-state index in [0.717, 1.165) is 0 Å². The third-order valence-corrected chi connectivity index (χ3v) is 2.93. The zero-order valence-electron chi connectivity index (χ0n) is 10.3. The molecule has 5 nitrogen and oxygen atoms in total. The number of halogens is 1. The summed E-state index contributed by atoms with van der Waals surface area (Å²) in [6, 6.07) is 5.64. The minimum atomic E-state index is -0.954. The van der Waals surface area contributed by atoms with Crippen LogP contribution in [0.4, 0.5) is 4.39 Å². The SMILES string of the molecule is CC(=O)N1CC(CC(=O)O)C(c2ccc(F)cc2)=N1. The first-order chi connectivity index (χ1) is 8.97. The third-order valence-electron chi connectivity index (χ3n) is 2.93. The normalized spacial score (nSPS) is 18.3. The Labute approximate surface area is 109 Å². The summed E-state index contributed by atoms with van der Waals surface area (Å²) in [6.07, 6.45) is -0.111. The number of amides is 1. The van der Waals surface area contributed by atoms with Crippen molar-refractivity contribution in [2.45, 2.75) is 13.3 Å². The number of hydrogen-bond acceptors (Lipinski definition) is 3. The summed E-state index contributed by atoms with van der Waals surface area (Å²) in [6.45, 7) is 1.61. The molecule has 1 N–H and O–H groups in total. The van der Waals surface area contributed by atoms with E-state index in [-0.39, 0.29) is 30.6 Å². The molecular formula is C13H13FN2O3. The zero-order chi connectivity index (χ0) is 14.0. The lowest BCUT2D eigenvalue weighted by molar-refractivity contribution is -0.138. The van der Waals surface area contributed by atoms with Gasteiger partial charge < -0.3 is 5.11 Å². The zero-order valence-corrected chi connectivity index (χ0v) is 10.3. The van der Waals surface area contributed by atoms with Crippen molar-refractivity contribution < 1.29 is 19.1 Å². The molecule has 0 fully saturated rings. The Bertz CT molecular complexity index is 539. The fourth-order valence-electron chi connectivity index (χ4n) is 2.03. The molecule has 0 bridgehead atoms. The second kappa shape index (κ2) is 5.17. The largest absolute Gasteiger partial charge is 0.481 e. The molecular weight excluding hydrogens is 251 g/mol. The van der Waals surface area contributed by atoms with Crippen LogP contribution >= 0.6 is 0 Å². The molecule has 0 saturated heterocycles. The number of carboxylic acids is 1. The van der Waals surface area contributed by atoms with Gasteiger partial charge in [0.1, 0.15) is 5.82 Å². The maximum Gasteiger partial charge on any atom is 0.304 e. The molecule has 1 heterocycles. The molecule has 100 valence electrons. The van der Waals surface area contributed by atoms with E-state index < -0.39 is 5.97 Å². The van der Waals surface area contributed by atoms with Gasteiger partial charge in [-0.05, 0) is 17.7 Å². The van der Waals surface area contributed by atoms with Gasteiger partial charge in [-0.1, -0.05) is 12.1 Å². The van der Waals surface area contributed by atoms with E-state index in [1.807, 2.05) is 0 Å². The van der Waals surface area contributed by atoms with E-state index in [9.17, 15) is 14.0 Å². The molecule has 1 atom stereocenters. The summed E-state index contributed by atoms with van der Waals surface area (Å²) >= 11 is 0. The molecule has 2 rings (SSSR count). The van der Waals surface area contributed by atoms with Crippen LogP contribution in [0.15, 0.2) is 29.4 Å². The van der Waals surface area contributed by atoms with Crippen molar-refractivity contribution in [2.75, 3.05) is 6.54 Å². The van der Waals surface area contributed by atoms with E-state index in [1.54, 1.807) is 0 Å². The maximum absolute atomic E-state index is 12.9. The van der Waals surface area contributed by atoms with Crippen LogP contribution in [-0.2, 0) is 9.59 Å². The summed E-state index contributed by atoms with van der Waals surface area (Å²) in [5.41, 5.74) is 1.15. The Hall–Kier alpha value is -2.24. The van der Waals surface area contributed by atoms with Gasteiger partial charge in [0, 0.05) is 12.8 Å². The van der Waals surface area contributed by atoms with E-state index in [4.69, 9.17) is 5.11 Å². The Morgan fingerprint density at radius 2 is 2.05 bits per heavy atom. The number of hydrazone groups is 1. The number of hydrogen-bond donors (Lipinski definition) is 1. The molecule has 0 radical (unpaired) electrons. The molecule has 0 spiro atoms. The molecule has 1 unspecified atom stereocenters. The second-order valence-corrected chi connectivity index (χ2v) is 4.39. The summed E-state index contributed by atoms with van der Waals surface area (Å²) in [5.74, 6) is -1.94. The number of aliphatic carboxylic acids is 1. The number of rotatable bonds is 3. The molecule has 6 heteroatoms. The predicted molar refractivity (Wildman–Crippen MR) is 66.1 cm³/mol. The first kappa shape index (κ1) is 13.2. The molecule has 1 aliphatic heterocycles. The Balaban J connectivity index is 2.31. The highest BCUT2D eigenvalue weighted by atomic mass is 19.1. The Morgan fingerprint density at radius 3 is 2.58 bits per heavy atom. The fraction of sp³-hybridized carbons (Fsp3) is 0.308. The van der Waals surface area contributed by atoms with Gasteiger partial charge in [-0.3, -0.25) is 9.59 Å². The van der Waals surface area contributed by atoms with Crippen LogP contribution in [0.1, 0.15) is 18.9 Å². The van der Waals surface area contributed by atoms with Gasteiger partial charge in [0.25, 0.3) is 0 Å². The van der Waals surface area contributed by atoms with Gasteiger partial charge in [-0.15, -0.1) is 0 Å². The summed E-state index contributed by atoms with van der Waals surface area (Å²) in [5, 5.41) is 14.3. The molecule has 1 aliphatic rings. The van der Waals surface area contributed by atoms with Gasteiger partial charge >= 0.3 is 5.97 Å². The summed E-state index contributed by atoms with van der Waals surface area (Å²) in [7, 11) is 0. The van der Waals surface area contributed by atoms with E-state index in [2.05, 4.69) is 5.10 Å². The highest BCUT2D eigenvalue weighted by molar-refractivity contribution is 6.05. The lowest BCUT2D eigenvalue weighted by Gasteiger charge is -2.11. The van der Waals surface area contributed by atoms with E-state index in [1.165, 1.54) is 36.2 Å². The average Bonchev–Trinajstić information content (AvgIpc) is 2.73. The minimum Gasteiger partial charge on any atom is -0.481 e. The molecule has 0 aliphatic carbocycles. The lowest BCUT2D eigenvalue weighted by atomic mass is 9.94. The molecule has 0 aromatic heterocycles. The van der Waals surface area contributed by atoms with Crippen molar-refractivity contribution in [3.8, 4) is 0 Å². The van der Waals surface area contributed by atoms with Crippen molar-refractivity contribution in [3.63, 3.8) is 0 Å². The van der Waals surface area contributed by atoms with Crippen molar-refractivity contribution in [1.29, 1.82) is 0 Å². The number of benzene rings is 1. The minimum absolute atomic E-state index is 0.111. The number of carbonyl (C=O) groups is 2. The summed E-state index contributed by atoms with van der Waals surface area (Å²) < 4.78 is 12.9. The standard InChI is InChI=1S/C13H13FN2O3/c1-8(17)16-7-10(6-12(18)19)13(15-16)9-2-4-11(14)5-3-9/h2-5,10H,6-7H2,1H3,(H,18,19). The second-order valence-electron chi connectivity index (χ2n) is 4.39. The number of carboxylic acid groups (broad SMARTS) is 1. The first-order valence-electron chi connectivity index (χ1n) is 5.81. The topological polar surface area (TPSA) is 70.0 Å². The van der Waals surface area contributed by atoms with Crippen LogP contribution in [0.25, 0.3) is 0 Å². The third kappa shape index (κ3) is 2.96. The van der Waals surface area contributed by atoms with Crippen molar-refractivity contribution in [2.24, 2.45) is 11.0 Å². The van der Waals surface area contributed by atoms with Crippen LogP contribution in [0, 0.1) is 11.7 Å². The van der Waals surface area contributed by atoms with E-state index in [0.29, 0.717) is 11.3 Å². The molecule has 1 aromatic rings. The maximum atomic E-state index is 12.9. The molecule has 0 saturated carbocycles. The number of carbonyl (C=O) groups excluding carboxylic acids is 1. The van der Waals surface area contributed by atoms with Crippen molar-refractivity contribution in [3.05, 3.63) is 35.6 Å². The van der Waals surface area contributed by atoms with Crippen LogP contribution < -0.4 is 0 Å². The Kier molecular flexibility index (Phi) is 3.59. The van der Waals surface area contributed by atoms with Gasteiger partial charge in [-0.2, -0.15) is 5.10 Å². The van der Waals surface area contributed by atoms with Crippen LogP contribution in [0.2, 0.25) is 0 Å². The smallest absolute Gasteiger partial charge is 0.304 e. The van der Waals surface area contributed by atoms with Crippen LogP contribution in [0.5, 0.6) is 0 Å². The highest BCUT2D eigenvalue weighted by Gasteiger charge is 2.31. The predicted octanol–water partition coefficient (Wildman–Crippen LogP) is 1.48. The van der Waals surface area contributed by atoms with Gasteiger partial charge in [0.05, 0.1) is 18.7 Å². The molecule has 1 aromatic carbocycles. The van der Waals surface area contributed by atoms with Crippen LogP contribution in [-0.4, -0.2) is 34.2 Å². The van der Waals surface area contributed by atoms with Crippen molar-refractivity contribution >= 4 is 17.6 Å². The number of nitrogens with zero attached hydrogens (tertiary/aromatic N) is 2. The van der Waals surface area contributed by atoms with E-state index >= 15 is 0 Å².